The Kier molecular flexibility index (Phi) is 7.48. The lowest BCUT2D eigenvalue weighted by Gasteiger charge is -2.19. The fraction of sp³-hybridized carbons (Fsp3) is 0.167. The molecule has 0 heterocycles. The molecule has 160 valence electrons. The fourth-order valence-corrected chi connectivity index (χ4v) is 2.96. The van der Waals surface area contributed by atoms with Crippen molar-refractivity contribution < 1.29 is 23.8 Å². The molecule has 0 fully saturated rings. The Morgan fingerprint density at radius 1 is 0.839 bits per heavy atom. The van der Waals surface area contributed by atoms with E-state index < -0.39 is 18.0 Å². The number of hydrogen-bond acceptors (Lipinski definition) is 5. The lowest BCUT2D eigenvalue weighted by Crippen LogP contribution is -2.46. The van der Waals surface area contributed by atoms with Crippen molar-refractivity contribution in [1.82, 2.24) is 5.32 Å². The monoisotopic (exact) mass is 420 g/mol. The molecule has 1 atom stereocenters. The van der Waals surface area contributed by atoms with Gasteiger partial charge in [-0.3, -0.25) is 4.79 Å². The van der Waals surface area contributed by atoms with Crippen LogP contribution in [0.15, 0.2) is 78.9 Å². The van der Waals surface area contributed by atoms with Crippen molar-refractivity contribution in [2.45, 2.75) is 12.5 Å². The summed E-state index contributed by atoms with van der Waals surface area (Å²) in [4.78, 5) is 25.5. The number of anilines is 1. The second kappa shape index (κ2) is 10.7. The number of amides is 2. The first-order chi connectivity index (χ1) is 15.1. The highest BCUT2D eigenvalue weighted by Gasteiger charge is 2.23. The molecule has 0 saturated carbocycles. The predicted molar refractivity (Wildman–Crippen MR) is 118 cm³/mol. The Morgan fingerprint density at radius 3 is 2.16 bits per heavy atom. The van der Waals surface area contributed by atoms with Crippen LogP contribution in [0.2, 0.25) is 0 Å². The second-order valence-corrected chi connectivity index (χ2v) is 6.64. The number of benzene rings is 3. The van der Waals surface area contributed by atoms with Crippen LogP contribution in [0.25, 0.3) is 0 Å². The standard InChI is InChI=1S/C24H24N2O5/c1-29-19-13-14-22(30-2)20(16-19)25-23(27)21(15-17-9-5-3-6-10-17)26-24(28)31-18-11-7-4-8-12-18/h3-14,16,21H,15H2,1-2H3,(H,25,27)(H,26,28)/t21-/m0/s1. The molecule has 0 saturated heterocycles. The quantitative estimate of drug-likeness (QED) is 0.574. The molecule has 3 aromatic carbocycles. The van der Waals surface area contributed by atoms with Gasteiger partial charge in [-0.2, -0.15) is 0 Å². The minimum absolute atomic E-state index is 0.281. The van der Waals surface area contributed by atoms with Crippen LogP contribution in [0, 0.1) is 0 Å². The van der Waals surface area contributed by atoms with Gasteiger partial charge in [0.25, 0.3) is 0 Å². The first kappa shape index (κ1) is 21.7. The SMILES string of the molecule is COc1ccc(OC)c(NC(=O)[C@H](Cc2ccccc2)NC(=O)Oc2ccccc2)c1. The van der Waals surface area contributed by atoms with Crippen LogP contribution in [0.1, 0.15) is 5.56 Å². The summed E-state index contributed by atoms with van der Waals surface area (Å²) < 4.78 is 15.8. The molecule has 3 aromatic rings. The molecule has 0 unspecified atom stereocenters. The van der Waals surface area contributed by atoms with Gasteiger partial charge >= 0.3 is 6.09 Å². The summed E-state index contributed by atoms with van der Waals surface area (Å²) in [6.07, 6.45) is -0.442. The van der Waals surface area contributed by atoms with E-state index in [9.17, 15) is 9.59 Å². The van der Waals surface area contributed by atoms with Crippen molar-refractivity contribution in [2.75, 3.05) is 19.5 Å². The third-order valence-electron chi connectivity index (χ3n) is 4.51. The molecule has 2 amide bonds. The van der Waals surface area contributed by atoms with Crippen LogP contribution in [0.5, 0.6) is 17.2 Å². The van der Waals surface area contributed by atoms with Gasteiger partial charge in [-0.25, -0.2) is 4.79 Å². The van der Waals surface area contributed by atoms with Crippen molar-refractivity contribution in [3.63, 3.8) is 0 Å². The number of carbonyl (C=O) groups is 2. The van der Waals surface area contributed by atoms with Crippen LogP contribution >= 0.6 is 0 Å². The van der Waals surface area contributed by atoms with Gasteiger partial charge < -0.3 is 24.8 Å². The van der Waals surface area contributed by atoms with Crippen molar-refractivity contribution >= 4 is 17.7 Å². The average Bonchev–Trinajstić information content (AvgIpc) is 2.80. The molecular formula is C24H24N2O5. The third kappa shape index (κ3) is 6.24. The largest absolute Gasteiger partial charge is 0.497 e. The van der Waals surface area contributed by atoms with E-state index >= 15 is 0 Å². The molecule has 7 heteroatoms. The number of carbonyl (C=O) groups excluding carboxylic acids is 2. The van der Waals surface area contributed by atoms with Gasteiger partial charge in [0.2, 0.25) is 5.91 Å². The Morgan fingerprint density at radius 2 is 1.52 bits per heavy atom. The molecular weight excluding hydrogens is 396 g/mol. The molecule has 0 radical (unpaired) electrons. The predicted octanol–water partition coefficient (Wildman–Crippen LogP) is 4.04. The highest BCUT2D eigenvalue weighted by atomic mass is 16.6. The van der Waals surface area contributed by atoms with Gasteiger partial charge in [-0.1, -0.05) is 48.5 Å². The van der Waals surface area contributed by atoms with E-state index in [2.05, 4.69) is 10.6 Å². The normalized spacial score (nSPS) is 11.2. The van der Waals surface area contributed by atoms with Gasteiger partial charge in [0, 0.05) is 12.5 Å². The van der Waals surface area contributed by atoms with E-state index in [1.165, 1.54) is 14.2 Å². The number of para-hydroxylation sites is 1. The zero-order valence-corrected chi connectivity index (χ0v) is 17.3. The highest BCUT2D eigenvalue weighted by Crippen LogP contribution is 2.29. The lowest BCUT2D eigenvalue weighted by molar-refractivity contribution is -0.118. The maximum Gasteiger partial charge on any atom is 0.413 e. The zero-order valence-electron chi connectivity index (χ0n) is 17.3. The molecule has 0 aromatic heterocycles. The van der Waals surface area contributed by atoms with Crippen molar-refractivity contribution in [3.8, 4) is 17.2 Å². The van der Waals surface area contributed by atoms with Gasteiger partial charge in [-0.15, -0.1) is 0 Å². The summed E-state index contributed by atoms with van der Waals surface area (Å²) in [7, 11) is 3.04. The molecule has 0 aliphatic carbocycles. The van der Waals surface area contributed by atoms with E-state index in [1.54, 1.807) is 42.5 Å². The van der Waals surface area contributed by atoms with Crippen LogP contribution < -0.4 is 24.8 Å². The number of nitrogens with one attached hydrogen (secondary N) is 2. The third-order valence-corrected chi connectivity index (χ3v) is 4.51. The Hall–Kier alpha value is -4.00. The molecule has 7 nitrogen and oxygen atoms in total. The lowest BCUT2D eigenvalue weighted by atomic mass is 10.1. The van der Waals surface area contributed by atoms with Gasteiger partial charge in [0.1, 0.15) is 23.3 Å². The molecule has 0 bridgehead atoms. The maximum atomic E-state index is 13.1. The Labute approximate surface area is 180 Å². The Bertz CT molecular complexity index is 1010. The van der Waals surface area contributed by atoms with E-state index in [4.69, 9.17) is 14.2 Å². The zero-order chi connectivity index (χ0) is 22.1. The topological polar surface area (TPSA) is 85.9 Å². The van der Waals surface area contributed by atoms with Crippen LogP contribution in [0.3, 0.4) is 0 Å². The van der Waals surface area contributed by atoms with E-state index in [1.807, 2.05) is 36.4 Å². The molecule has 2 N–H and O–H groups in total. The number of hydrogen-bond donors (Lipinski definition) is 2. The second-order valence-electron chi connectivity index (χ2n) is 6.64. The highest BCUT2D eigenvalue weighted by molar-refractivity contribution is 5.98. The number of rotatable bonds is 8. The molecule has 0 aliphatic heterocycles. The first-order valence-electron chi connectivity index (χ1n) is 9.69. The summed E-state index contributed by atoms with van der Waals surface area (Å²) in [5, 5.41) is 5.47. The van der Waals surface area contributed by atoms with E-state index in [-0.39, 0.29) is 6.42 Å². The van der Waals surface area contributed by atoms with Crippen LogP contribution in [-0.4, -0.2) is 32.3 Å². The minimum atomic E-state index is -0.880. The van der Waals surface area contributed by atoms with E-state index in [0.717, 1.165) is 5.56 Å². The number of ether oxygens (including phenoxy) is 3. The molecule has 0 spiro atoms. The van der Waals surface area contributed by atoms with Gasteiger partial charge in [0.15, 0.2) is 0 Å². The summed E-state index contributed by atoms with van der Waals surface area (Å²) in [5.41, 5.74) is 1.32. The van der Waals surface area contributed by atoms with Crippen LogP contribution in [-0.2, 0) is 11.2 Å². The average molecular weight is 420 g/mol. The fourth-order valence-electron chi connectivity index (χ4n) is 2.96. The molecule has 3 rings (SSSR count). The summed E-state index contributed by atoms with van der Waals surface area (Å²) in [6, 6.07) is 22.2. The van der Waals surface area contributed by atoms with Crippen molar-refractivity contribution in [3.05, 3.63) is 84.4 Å². The van der Waals surface area contributed by atoms with Crippen molar-refractivity contribution in [2.24, 2.45) is 0 Å². The summed E-state index contributed by atoms with van der Waals surface area (Å²) >= 11 is 0. The van der Waals surface area contributed by atoms with Crippen molar-refractivity contribution in [1.29, 1.82) is 0 Å². The minimum Gasteiger partial charge on any atom is -0.497 e. The van der Waals surface area contributed by atoms with Gasteiger partial charge in [-0.05, 0) is 29.8 Å². The van der Waals surface area contributed by atoms with Crippen LogP contribution in [0.4, 0.5) is 10.5 Å². The number of methoxy groups -OCH3 is 2. The van der Waals surface area contributed by atoms with Gasteiger partial charge in [0.05, 0.1) is 19.9 Å². The molecule has 0 aliphatic rings. The maximum absolute atomic E-state index is 13.1. The molecule has 31 heavy (non-hydrogen) atoms. The first-order valence-corrected chi connectivity index (χ1v) is 9.69. The smallest absolute Gasteiger partial charge is 0.413 e. The summed E-state index contributed by atoms with van der Waals surface area (Å²) in [5.74, 6) is 1.00. The summed E-state index contributed by atoms with van der Waals surface area (Å²) in [6.45, 7) is 0. The Balaban J connectivity index is 1.78. The van der Waals surface area contributed by atoms with E-state index in [0.29, 0.717) is 22.9 Å².